The summed E-state index contributed by atoms with van der Waals surface area (Å²) in [4.78, 5) is 27.6. The highest BCUT2D eigenvalue weighted by molar-refractivity contribution is 7.92. The third kappa shape index (κ3) is 8.71. The number of halogens is 1. The predicted octanol–water partition coefficient (Wildman–Crippen LogP) is 4.23. The Hall–Kier alpha value is -2.78. The van der Waals surface area contributed by atoms with Crippen molar-refractivity contribution in [3.05, 3.63) is 59.1 Å². The number of hydrogen-bond donors (Lipinski definition) is 1. The molecule has 2 amide bonds. The number of methoxy groups -OCH3 is 1. The van der Waals surface area contributed by atoms with Crippen LogP contribution in [-0.4, -0.2) is 57.6 Å². The number of sulfonamides is 1. The third-order valence-electron chi connectivity index (χ3n) is 5.74. The Morgan fingerprint density at radius 3 is 2.47 bits per heavy atom. The van der Waals surface area contributed by atoms with Gasteiger partial charge < -0.3 is 15.0 Å². The highest BCUT2D eigenvalue weighted by Crippen LogP contribution is 2.29. The van der Waals surface area contributed by atoms with Crippen LogP contribution in [-0.2, 0) is 26.2 Å². The number of unbranched alkanes of at least 4 members (excludes halogenated alkanes) is 1. The molecule has 1 atom stereocenters. The van der Waals surface area contributed by atoms with Crippen LogP contribution in [0.15, 0.2) is 48.5 Å². The zero-order valence-electron chi connectivity index (χ0n) is 21.4. The lowest BCUT2D eigenvalue weighted by Crippen LogP contribution is -2.48. The van der Waals surface area contributed by atoms with Crippen LogP contribution in [0.4, 0.5) is 5.69 Å². The summed E-state index contributed by atoms with van der Waals surface area (Å²) in [6.07, 6.45) is 3.25. The normalized spacial score (nSPS) is 12.0. The van der Waals surface area contributed by atoms with E-state index < -0.39 is 16.1 Å². The van der Waals surface area contributed by atoms with Crippen LogP contribution < -0.4 is 14.4 Å². The average Bonchev–Trinajstić information content (AvgIpc) is 2.84. The van der Waals surface area contributed by atoms with Crippen LogP contribution in [0.2, 0.25) is 5.02 Å². The number of hydrogen-bond acceptors (Lipinski definition) is 5. The summed E-state index contributed by atoms with van der Waals surface area (Å²) in [5.74, 6) is -0.0542. The van der Waals surface area contributed by atoms with E-state index in [9.17, 15) is 18.0 Å². The largest absolute Gasteiger partial charge is 0.495 e. The van der Waals surface area contributed by atoms with Gasteiger partial charge in [-0.3, -0.25) is 13.9 Å². The summed E-state index contributed by atoms with van der Waals surface area (Å²) in [5, 5.41) is 3.43. The average molecular weight is 538 g/mol. The van der Waals surface area contributed by atoms with Crippen molar-refractivity contribution in [2.24, 2.45) is 0 Å². The maximum Gasteiger partial charge on any atom is 0.242 e. The molecule has 0 fully saturated rings. The maximum atomic E-state index is 13.3. The van der Waals surface area contributed by atoms with Gasteiger partial charge in [-0.25, -0.2) is 8.42 Å². The predicted molar refractivity (Wildman–Crippen MR) is 144 cm³/mol. The van der Waals surface area contributed by atoms with Gasteiger partial charge in [0.05, 0.1) is 19.1 Å². The molecule has 8 nitrogen and oxygen atoms in total. The fraction of sp³-hybridized carbons (Fsp3) is 0.462. The minimum atomic E-state index is -3.62. The van der Waals surface area contributed by atoms with Gasteiger partial charge in [0, 0.05) is 31.1 Å². The lowest BCUT2D eigenvalue weighted by molar-refractivity contribution is -0.140. The summed E-state index contributed by atoms with van der Waals surface area (Å²) >= 11 is 6.12. The highest BCUT2D eigenvalue weighted by Gasteiger charge is 2.27. The van der Waals surface area contributed by atoms with E-state index in [4.69, 9.17) is 16.3 Å². The van der Waals surface area contributed by atoms with Gasteiger partial charge in [-0.15, -0.1) is 0 Å². The number of benzene rings is 2. The van der Waals surface area contributed by atoms with Crippen LogP contribution in [0.25, 0.3) is 0 Å². The fourth-order valence-electron chi connectivity index (χ4n) is 3.77. The zero-order valence-corrected chi connectivity index (χ0v) is 22.9. The van der Waals surface area contributed by atoms with Crippen molar-refractivity contribution in [3.8, 4) is 5.75 Å². The first-order valence-corrected chi connectivity index (χ1v) is 14.2. The first kappa shape index (κ1) is 29.5. The molecule has 0 radical (unpaired) electrons. The number of nitrogens with zero attached hydrogens (tertiary/aromatic N) is 2. The second kappa shape index (κ2) is 14.1. The quantitative estimate of drug-likeness (QED) is 0.364. The molecule has 0 unspecified atom stereocenters. The molecule has 2 aromatic carbocycles. The topological polar surface area (TPSA) is 96.0 Å². The Morgan fingerprint density at radius 1 is 1.11 bits per heavy atom. The Morgan fingerprint density at radius 2 is 1.83 bits per heavy atom. The lowest BCUT2D eigenvalue weighted by atomic mass is 10.1. The van der Waals surface area contributed by atoms with Crippen molar-refractivity contribution in [3.63, 3.8) is 0 Å². The van der Waals surface area contributed by atoms with Crippen LogP contribution in [0.3, 0.4) is 0 Å². The van der Waals surface area contributed by atoms with Crippen LogP contribution in [0, 0.1) is 0 Å². The number of nitrogens with one attached hydrogen (secondary N) is 1. The first-order chi connectivity index (χ1) is 17.1. The van der Waals surface area contributed by atoms with Crippen LogP contribution in [0.5, 0.6) is 5.75 Å². The number of carbonyl (C=O) groups is 2. The van der Waals surface area contributed by atoms with Crippen LogP contribution >= 0.6 is 11.6 Å². The van der Waals surface area contributed by atoms with Gasteiger partial charge in [-0.2, -0.15) is 0 Å². The smallest absolute Gasteiger partial charge is 0.242 e. The monoisotopic (exact) mass is 537 g/mol. The molecule has 0 spiro atoms. The van der Waals surface area contributed by atoms with Crippen molar-refractivity contribution in [2.45, 2.75) is 52.1 Å². The molecule has 198 valence electrons. The van der Waals surface area contributed by atoms with E-state index in [1.807, 2.05) is 13.0 Å². The summed E-state index contributed by atoms with van der Waals surface area (Å²) in [6.45, 7) is 4.58. The van der Waals surface area contributed by atoms with Crippen molar-refractivity contribution < 1.29 is 22.7 Å². The molecular formula is C26H36ClN3O5S. The SMILES string of the molecule is CCCCNC(=O)[C@@H](C)N(Cc1cccc(Cl)c1)C(=O)CCCN(c1ccccc1OC)S(C)(=O)=O. The summed E-state index contributed by atoms with van der Waals surface area (Å²) in [6, 6.07) is 13.3. The van der Waals surface area contributed by atoms with Gasteiger partial charge in [-0.1, -0.05) is 49.2 Å². The third-order valence-corrected chi connectivity index (χ3v) is 7.16. The number of anilines is 1. The van der Waals surface area contributed by atoms with Gasteiger partial charge in [0.1, 0.15) is 11.8 Å². The number of rotatable bonds is 14. The minimum Gasteiger partial charge on any atom is -0.495 e. The van der Waals surface area contributed by atoms with E-state index >= 15 is 0 Å². The van der Waals surface area contributed by atoms with Crippen molar-refractivity contribution in [1.29, 1.82) is 0 Å². The molecule has 0 heterocycles. The molecule has 2 rings (SSSR count). The van der Waals surface area contributed by atoms with Gasteiger partial charge in [0.15, 0.2) is 0 Å². The molecule has 10 heteroatoms. The van der Waals surface area contributed by atoms with Crippen LogP contribution in [0.1, 0.15) is 45.1 Å². The molecule has 2 aromatic rings. The van der Waals surface area contributed by atoms with Gasteiger partial charge in [0.25, 0.3) is 0 Å². The van der Waals surface area contributed by atoms with Gasteiger partial charge in [-0.05, 0) is 49.6 Å². The maximum absolute atomic E-state index is 13.3. The summed E-state index contributed by atoms with van der Waals surface area (Å²) < 4.78 is 31.6. The van der Waals surface area contributed by atoms with Gasteiger partial charge in [0.2, 0.25) is 21.8 Å². The summed E-state index contributed by atoms with van der Waals surface area (Å²) in [7, 11) is -2.14. The van der Waals surface area contributed by atoms with E-state index in [0.29, 0.717) is 23.0 Å². The highest BCUT2D eigenvalue weighted by atomic mass is 35.5. The van der Waals surface area contributed by atoms with E-state index in [0.717, 1.165) is 24.7 Å². The molecule has 0 aliphatic heterocycles. The number of para-hydroxylation sites is 2. The molecular weight excluding hydrogens is 502 g/mol. The Labute approximate surface area is 219 Å². The van der Waals surface area contributed by atoms with Crippen molar-refractivity contribution in [1.82, 2.24) is 10.2 Å². The van der Waals surface area contributed by atoms with E-state index in [-0.39, 0.29) is 37.7 Å². The second-order valence-corrected chi connectivity index (χ2v) is 10.9. The minimum absolute atomic E-state index is 0.0638. The molecule has 0 bridgehead atoms. The molecule has 0 saturated heterocycles. The Balaban J connectivity index is 2.17. The van der Waals surface area contributed by atoms with Crippen molar-refractivity contribution >= 4 is 39.1 Å². The molecule has 1 N–H and O–H groups in total. The van der Waals surface area contributed by atoms with E-state index in [2.05, 4.69) is 5.32 Å². The molecule has 0 aliphatic rings. The number of ether oxygens (including phenoxy) is 1. The number of amides is 2. The lowest BCUT2D eigenvalue weighted by Gasteiger charge is -2.29. The fourth-order valence-corrected chi connectivity index (χ4v) is 4.95. The molecule has 0 saturated carbocycles. The first-order valence-electron chi connectivity index (χ1n) is 12.0. The second-order valence-electron chi connectivity index (χ2n) is 8.58. The van der Waals surface area contributed by atoms with Gasteiger partial charge >= 0.3 is 0 Å². The summed E-state index contributed by atoms with van der Waals surface area (Å²) in [5.41, 5.74) is 1.21. The molecule has 0 aromatic heterocycles. The standard InChI is InChI=1S/C26H36ClN3O5S/c1-5-6-16-28-26(32)20(2)29(19-21-11-9-12-22(27)18-21)25(31)15-10-17-30(36(4,33)34)23-13-7-8-14-24(23)35-3/h7-9,11-14,18,20H,5-6,10,15-17,19H2,1-4H3,(H,28,32)/t20-/m1/s1. The Kier molecular flexibility index (Phi) is 11.5. The number of carbonyl (C=O) groups excluding carboxylic acids is 2. The molecule has 0 aliphatic carbocycles. The van der Waals surface area contributed by atoms with E-state index in [1.54, 1.807) is 49.4 Å². The van der Waals surface area contributed by atoms with Crippen molar-refractivity contribution in [2.75, 3.05) is 30.8 Å². The van der Waals surface area contributed by atoms with E-state index in [1.165, 1.54) is 16.3 Å². The zero-order chi connectivity index (χ0) is 26.7. The molecule has 36 heavy (non-hydrogen) atoms. The Bertz CT molecular complexity index is 1130.